The maximum absolute atomic E-state index is 11.4. The lowest BCUT2D eigenvalue weighted by Crippen LogP contribution is -2.55. The van der Waals surface area contributed by atoms with Crippen LogP contribution in [0.15, 0.2) is 0 Å². The van der Waals surface area contributed by atoms with E-state index in [-0.39, 0.29) is 5.97 Å². The molecule has 0 aliphatic carbocycles. The molecule has 0 unspecified atom stereocenters. The maximum Gasteiger partial charge on any atom is 0.317 e. The van der Waals surface area contributed by atoms with E-state index < -0.39 is 5.41 Å². The van der Waals surface area contributed by atoms with Crippen LogP contribution >= 0.6 is 0 Å². The van der Waals surface area contributed by atoms with Gasteiger partial charge in [0.1, 0.15) is 5.41 Å². The summed E-state index contributed by atoms with van der Waals surface area (Å²) in [6.45, 7) is 4.69. The summed E-state index contributed by atoms with van der Waals surface area (Å²) in [7, 11) is 3.41. The number of carbonyl (C=O) groups is 1. The number of esters is 1. The fourth-order valence-corrected chi connectivity index (χ4v) is 1.47. The zero-order valence-electron chi connectivity index (χ0n) is 8.50. The van der Waals surface area contributed by atoms with Gasteiger partial charge in [-0.2, -0.15) is 0 Å². The van der Waals surface area contributed by atoms with E-state index in [2.05, 4.69) is 11.8 Å². The third kappa shape index (κ3) is 2.00. The summed E-state index contributed by atoms with van der Waals surface area (Å²) in [6.07, 6.45) is 0. The van der Waals surface area contributed by atoms with E-state index in [4.69, 9.17) is 9.47 Å². The number of rotatable bonds is 4. The Bertz CT molecular complexity index is 189. The zero-order valence-corrected chi connectivity index (χ0v) is 8.50. The van der Waals surface area contributed by atoms with Gasteiger partial charge in [-0.25, -0.2) is 0 Å². The first-order chi connectivity index (χ1) is 6.14. The Balaban J connectivity index is 2.54. The molecule has 1 aliphatic heterocycles. The van der Waals surface area contributed by atoms with Gasteiger partial charge in [-0.3, -0.25) is 4.79 Å². The summed E-state index contributed by atoms with van der Waals surface area (Å²) >= 11 is 0. The Morgan fingerprint density at radius 3 is 2.54 bits per heavy atom. The first-order valence-electron chi connectivity index (χ1n) is 4.49. The van der Waals surface area contributed by atoms with Crippen LogP contribution in [0.2, 0.25) is 0 Å². The SMILES string of the molecule is CCN(C)CC1(C(=O)OC)COC1. The third-order valence-corrected chi connectivity index (χ3v) is 2.49. The molecule has 0 aromatic rings. The van der Waals surface area contributed by atoms with Crippen molar-refractivity contribution < 1.29 is 14.3 Å². The number of nitrogens with zero attached hydrogens (tertiary/aromatic N) is 1. The van der Waals surface area contributed by atoms with E-state index in [1.54, 1.807) is 0 Å². The molecule has 4 nitrogen and oxygen atoms in total. The molecule has 1 aliphatic rings. The Kier molecular flexibility index (Phi) is 3.27. The molecule has 76 valence electrons. The van der Waals surface area contributed by atoms with Crippen molar-refractivity contribution in [1.29, 1.82) is 0 Å². The molecule has 0 spiro atoms. The highest BCUT2D eigenvalue weighted by molar-refractivity contribution is 5.78. The highest BCUT2D eigenvalue weighted by atomic mass is 16.5. The van der Waals surface area contributed by atoms with E-state index in [0.717, 1.165) is 13.1 Å². The predicted molar refractivity (Wildman–Crippen MR) is 48.4 cm³/mol. The highest BCUT2D eigenvalue weighted by Crippen LogP contribution is 2.29. The lowest BCUT2D eigenvalue weighted by Gasteiger charge is -2.40. The number of methoxy groups -OCH3 is 1. The van der Waals surface area contributed by atoms with Crippen LogP contribution in [0.5, 0.6) is 0 Å². The molecule has 0 N–H and O–H groups in total. The second-order valence-corrected chi connectivity index (χ2v) is 3.60. The van der Waals surface area contributed by atoms with E-state index in [1.165, 1.54) is 7.11 Å². The summed E-state index contributed by atoms with van der Waals surface area (Å²) < 4.78 is 9.84. The minimum absolute atomic E-state index is 0.154. The summed E-state index contributed by atoms with van der Waals surface area (Å²) in [4.78, 5) is 13.5. The minimum atomic E-state index is -0.403. The van der Waals surface area contributed by atoms with Crippen LogP contribution in [-0.4, -0.2) is 51.3 Å². The van der Waals surface area contributed by atoms with Crippen molar-refractivity contribution in [2.45, 2.75) is 6.92 Å². The van der Waals surface area contributed by atoms with Crippen LogP contribution in [0.25, 0.3) is 0 Å². The van der Waals surface area contributed by atoms with Crippen molar-refractivity contribution in [2.24, 2.45) is 5.41 Å². The molecule has 1 saturated heterocycles. The molecule has 0 saturated carbocycles. The fraction of sp³-hybridized carbons (Fsp3) is 0.889. The van der Waals surface area contributed by atoms with Crippen LogP contribution in [0.1, 0.15) is 6.92 Å². The lowest BCUT2D eigenvalue weighted by molar-refractivity contribution is -0.186. The van der Waals surface area contributed by atoms with Crippen molar-refractivity contribution in [3.05, 3.63) is 0 Å². The van der Waals surface area contributed by atoms with E-state index in [0.29, 0.717) is 13.2 Å². The number of carbonyl (C=O) groups excluding carboxylic acids is 1. The number of ether oxygens (including phenoxy) is 2. The molecule has 0 aromatic heterocycles. The van der Waals surface area contributed by atoms with Gasteiger partial charge in [-0.05, 0) is 13.6 Å². The molecule has 0 radical (unpaired) electrons. The molecule has 0 amide bonds. The molecule has 1 fully saturated rings. The molecular formula is C9H17NO3. The predicted octanol–water partition coefficient (Wildman–Crippen LogP) is 0.128. The normalized spacial score (nSPS) is 19.7. The van der Waals surface area contributed by atoms with Gasteiger partial charge in [0.05, 0.1) is 20.3 Å². The molecule has 1 rings (SSSR count). The van der Waals surface area contributed by atoms with Gasteiger partial charge in [0, 0.05) is 6.54 Å². The Morgan fingerprint density at radius 1 is 1.62 bits per heavy atom. The van der Waals surface area contributed by atoms with Crippen LogP contribution < -0.4 is 0 Å². The van der Waals surface area contributed by atoms with Gasteiger partial charge >= 0.3 is 5.97 Å². The molecule has 13 heavy (non-hydrogen) atoms. The Hall–Kier alpha value is -0.610. The van der Waals surface area contributed by atoms with Crippen LogP contribution in [0.4, 0.5) is 0 Å². The number of hydrogen-bond acceptors (Lipinski definition) is 4. The Morgan fingerprint density at radius 2 is 2.23 bits per heavy atom. The summed E-state index contributed by atoms with van der Waals surface area (Å²) in [5.41, 5.74) is -0.403. The molecule has 0 atom stereocenters. The van der Waals surface area contributed by atoms with Crippen LogP contribution in [0, 0.1) is 5.41 Å². The minimum Gasteiger partial charge on any atom is -0.468 e. The smallest absolute Gasteiger partial charge is 0.317 e. The quantitative estimate of drug-likeness (QED) is 0.586. The van der Waals surface area contributed by atoms with Crippen molar-refractivity contribution in [3.8, 4) is 0 Å². The molecule has 1 heterocycles. The zero-order chi connectivity index (χ0) is 9.90. The van der Waals surface area contributed by atoms with Gasteiger partial charge in [0.25, 0.3) is 0 Å². The average molecular weight is 187 g/mol. The topological polar surface area (TPSA) is 38.8 Å². The second kappa shape index (κ2) is 4.07. The monoisotopic (exact) mass is 187 g/mol. The van der Waals surface area contributed by atoms with Crippen LogP contribution in [0.3, 0.4) is 0 Å². The largest absolute Gasteiger partial charge is 0.468 e. The molecule has 4 heteroatoms. The van der Waals surface area contributed by atoms with Crippen LogP contribution in [-0.2, 0) is 14.3 Å². The first-order valence-corrected chi connectivity index (χ1v) is 4.49. The Labute approximate surface area is 78.8 Å². The second-order valence-electron chi connectivity index (χ2n) is 3.60. The van der Waals surface area contributed by atoms with Gasteiger partial charge in [0.2, 0.25) is 0 Å². The van der Waals surface area contributed by atoms with E-state index >= 15 is 0 Å². The number of hydrogen-bond donors (Lipinski definition) is 0. The standard InChI is InChI=1S/C9H17NO3/c1-4-10(2)5-9(6-13-7-9)8(11)12-3/h4-7H2,1-3H3. The summed E-state index contributed by atoms with van der Waals surface area (Å²) in [5.74, 6) is -0.154. The molecule has 0 aromatic carbocycles. The molecule has 0 bridgehead atoms. The van der Waals surface area contributed by atoms with E-state index in [1.807, 2.05) is 7.05 Å². The van der Waals surface area contributed by atoms with E-state index in [9.17, 15) is 4.79 Å². The van der Waals surface area contributed by atoms with Gasteiger partial charge in [-0.1, -0.05) is 6.92 Å². The van der Waals surface area contributed by atoms with Crippen molar-refractivity contribution in [3.63, 3.8) is 0 Å². The van der Waals surface area contributed by atoms with Crippen molar-refractivity contribution in [1.82, 2.24) is 4.90 Å². The average Bonchev–Trinajstić information content (AvgIpc) is 2.09. The summed E-state index contributed by atoms with van der Waals surface area (Å²) in [6, 6.07) is 0. The fourth-order valence-electron chi connectivity index (χ4n) is 1.47. The van der Waals surface area contributed by atoms with Gasteiger partial charge < -0.3 is 14.4 Å². The van der Waals surface area contributed by atoms with Gasteiger partial charge in [0.15, 0.2) is 0 Å². The first kappa shape index (κ1) is 10.5. The third-order valence-electron chi connectivity index (χ3n) is 2.49. The summed E-state index contributed by atoms with van der Waals surface area (Å²) in [5, 5.41) is 0. The van der Waals surface area contributed by atoms with Crippen molar-refractivity contribution >= 4 is 5.97 Å². The van der Waals surface area contributed by atoms with Gasteiger partial charge in [-0.15, -0.1) is 0 Å². The maximum atomic E-state index is 11.4. The van der Waals surface area contributed by atoms with Crippen molar-refractivity contribution in [2.75, 3.05) is 40.5 Å². The highest BCUT2D eigenvalue weighted by Gasteiger charge is 2.47. The molecular weight excluding hydrogens is 170 g/mol. The lowest BCUT2D eigenvalue weighted by atomic mass is 9.85.